The third-order valence-corrected chi connectivity index (χ3v) is 5.56. The van der Waals surface area contributed by atoms with Gasteiger partial charge in [-0.2, -0.15) is 13.2 Å². The number of alkyl halides is 3. The lowest BCUT2D eigenvalue weighted by Crippen LogP contribution is -2.47. The molecule has 0 radical (unpaired) electrons. The molecule has 12 heteroatoms. The third kappa shape index (κ3) is 4.59. The molecule has 2 aromatic carbocycles. The Morgan fingerprint density at radius 3 is 2.17 bits per heavy atom. The summed E-state index contributed by atoms with van der Waals surface area (Å²) in [6.45, 7) is 1.28. The minimum absolute atomic E-state index is 0.224. The van der Waals surface area contributed by atoms with Crippen LogP contribution in [0.5, 0.6) is 0 Å². The topological polar surface area (TPSA) is 110 Å². The molecule has 0 bridgehead atoms. The predicted molar refractivity (Wildman–Crippen MR) is 100 cm³/mol. The van der Waals surface area contributed by atoms with Crippen LogP contribution in [0.2, 0.25) is 0 Å². The molecular weight excluding hydrogens is 413 g/mol. The zero-order chi connectivity index (χ0) is 21.4. The van der Waals surface area contributed by atoms with Crippen LogP contribution in [-0.2, 0) is 16.2 Å². The second-order valence-electron chi connectivity index (χ2n) is 6.48. The summed E-state index contributed by atoms with van der Waals surface area (Å²) in [5, 5.41) is 16.2. The molecular formula is C17H17F3N4O4S. The molecule has 0 atom stereocenters. The molecule has 0 aromatic heterocycles. The zero-order valence-corrected chi connectivity index (χ0v) is 15.8. The Kier molecular flexibility index (Phi) is 5.41. The Labute approximate surface area is 164 Å². The number of hydrogen-bond donors (Lipinski definition) is 1. The van der Waals surface area contributed by atoms with Crippen molar-refractivity contribution in [1.82, 2.24) is 0 Å². The first-order valence-electron chi connectivity index (χ1n) is 8.45. The minimum atomic E-state index is -4.44. The summed E-state index contributed by atoms with van der Waals surface area (Å²) < 4.78 is 62.6. The molecule has 1 heterocycles. The Morgan fingerprint density at radius 2 is 1.62 bits per heavy atom. The van der Waals surface area contributed by atoms with Crippen LogP contribution in [0.25, 0.3) is 0 Å². The average molecular weight is 430 g/mol. The lowest BCUT2D eigenvalue weighted by molar-refractivity contribution is -0.385. The van der Waals surface area contributed by atoms with Gasteiger partial charge in [0.25, 0.3) is 5.69 Å². The number of nitro benzene ring substituents is 1. The normalized spacial score (nSPS) is 15.4. The highest BCUT2D eigenvalue weighted by Crippen LogP contribution is 2.33. The largest absolute Gasteiger partial charge is 0.416 e. The molecule has 1 aliphatic heterocycles. The Bertz CT molecular complexity index is 1040. The van der Waals surface area contributed by atoms with Gasteiger partial charge in [-0.3, -0.25) is 10.1 Å². The fourth-order valence-corrected chi connectivity index (χ4v) is 3.96. The number of benzene rings is 2. The number of sulfonamides is 1. The van der Waals surface area contributed by atoms with Gasteiger partial charge < -0.3 is 9.80 Å². The number of nitro groups is 1. The zero-order valence-electron chi connectivity index (χ0n) is 15.0. The van der Waals surface area contributed by atoms with Gasteiger partial charge in [0, 0.05) is 44.0 Å². The van der Waals surface area contributed by atoms with Crippen molar-refractivity contribution in [3.63, 3.8) is 0 Å². The van der Waals surface area contributed by atoms with Gasteiger partial charge in [0.1, 0.15) is 4.90 Å². The van der Waals surface area contributed by atoms with Gasteiger partial charge in [0.05, 0.1) is 16.2 Å². The summed E-state index contributed by atoms with van der Waals surface area (Å²) >= 11 is 0. The number of anilines is 2. The highest BCUT2D eigenvalue weighted by molar-refractivity contribution is 7.89. The van der Waals surface area contributed by atoms with E-state index in [-0.39, 0.29) is 10.6 Å². The van der Waals surface area contributed by atoms with E-state index in [0.29, 0.717) is 31.9 Å². The van der Waals surface area contributed by atoms with E-state index < -0.39 is 32.4 Å². The molecule has 0 aliphatic carbocycles. The van der Waals surface area contributed by atoms with E-state index in [4.69, 9.17) is 5.14 Å². The standard InChI is InChI=1S/C17H17F3N4O4S/c18-17(19,20)12-2-1-3-13(10-12)22-6-8-23(9-7-22)15-5-4-14(24(25)26)11-16(15)29(21,27)28/h1-5,10-11H,6-9H2,(H2,21,27,28). The van der Waals surface area contributed by atoms with Crippen molar-refractivity contribution in [2.24, 2.45) is 5.14 Å². The van der Waals surface area contributed by atoms with Crippen molar-refractivity contribution in [1.29, 1.82) is 0 Å². The van der Waals surface area contributed by atoms with Gasteiger partial charge in [-0.05, 0) is 24.3 Å². The highest BCUT2D eigenvalue weighted by Gasteiger charge is 2.31. The molecule has 0 unspecified atom stereocenters. The quantitative estimate of drug-likeness (QED) is 0.590. The Hall–Kier alpha value is -2.86. The van der Waals surface area contributed by atoms with Crippen molar-refractivity contribution < 1.29 is 26.5 Å². The maximum absolute atomic E-state index is 12.9. The first kappa shape index (κ1) is 20.9. The van der Waals surface area contributed by atoms with Gasteiger partial charge in [-0.15, -0.1) is 0 Å². The molecule has 1 aliphatic rings. The summed E-state index contributed by atoms with van der Waals surface area (Å²) in [5.74, 6) is 0. The molecule has 0 saturated carbocycles. The first-order chi connectivity index (χ1) is 13.5. The van der Waals surface area contributed by atoms with Crippen LogP contribution in [0.15, 0.2) is 47.4 Å². The summed E-state index contributed by atoms with van der Waals surface area (Å²) in [4.78, 5) is 13.3. The Morgan fingerprint density at radius 1 is 1.00 bits per heavy atom. The fraction of sp³-hybridized carbons (Fsp3) is 0.294. The van der Waals surface area contributed by atoms with E-state index >= 15 is 0 Å². The van der Waals surface area contributed by atoms with E-state index in [9.17, 15) is 31.7 Å². The van der Waals surface area contributed by atoms with Crippen molar-refractivity contribution in [2.45, 2.75) is 11.1 Å². The second-order valence-corrected chi connectivity index (χ2v) is 8.01. The SMILES string of the molecule is NS(=O)(=O)c1cc([N+](=O)[O-])ccc1N1CCN(c2cccc(C(F)(F)F)c2)CC1. The molecule has 2 aromatic rings. The summed E-state index contributed by atoms with van der Waals surface area (Å²) in [6.07, 6.45) is -4.44. The van der Waals surface area contributed by atoms with Gasteiger partial charge >= 0.3 is 6.18 Å². The van der Waals surface area contributed by atoms with Crippen LogP contribution >= 0.6 is 0 Å². The monoisotopic (exact) mass is 430 g/mol. The molecule has 0 amide bonds. The molecule has 29 heavy (non-hydrogen) atoms. The van der Waals surface area contributed by atoms with Crippen molar-refractivity contribution >= 4 is 27.1 Å². The van der Waals surface area contributed by atoms with Crippen LogP contribution < -0.4 is 14.9 Å². The second kappa shape index (κ2) is 7.52. The van der Waals surface area contributed by atoms with Gasteiger partial charge in [0.2, 0.25) is 10.0 Å². The van der Waals surface area contributed by atoms with E-state index in [0.717, 1.165) is 18.2 Å². The third-order valence-electron chi connectivity index (χ3n) is 4.62. The summed E-state index contributed by atoms with van der Waals surface area (Å²) in [7, 11) is -4.21. The number of nitrogens with two attached hydrogens (primary N) is 1. The van der Waals surface area contributed by atoms with Crippen molar-refractivity contribution in [2.75, 3.05) is 36.0 Å². The smallest absolute Gasteiger partial charge is 0.368 e. The first-order valence-corrected chi connectivity index (χ1v) is 10.00. The van der Waals surface area contributed by atoms with Crippen LogP contribution in [0.1, 0.15) is 5.56 Å². The number of piperazine rings is 1. The Balaban J connectivity index is 1.82. The number of halogens is 3. The van der Waals surface area contributed by atoms with Gasteiger partial charge in [0.15, 0.2) is 0 Å². The van der Waals surface area contributed by atoms with Crippen LogP contribution in [0.3, 0.4) is 0 Å². The lowest BCUT2D eigenvalue weighted by atomic mass is 10.1. The summed E-state index contributed by atoms with van der Waals surface area (Å²) in [6, 6.07) is 8.38. The lowest BCUT2D eigenvalue weighted by Gasteiger charge is -2.38. The number of nitrogens with zero attached hydrogens (tertiary/aromatic N) is 3. The number of rotatable bonds is 4. The number of non-ortho nitro benzene ring substituents is 1. The molecule has 1 fully saturated rings. The van der Waals surface area contributed by atoms with Crippen molar-refractivity contribution in [3.8, 4) is 0 Å². The van der Waals surface area contributed by atoms with E-state index in [2.05, 4.69) is 0 Å². The van der Waals surface area contributed by atoms with Crippen LogP contribution in [-0.4, -0.2) is 39.5 Å². The van der Waals surface area contributed by atoms with E-state index in [1.807, 2.05) is 0 Å². The molecule has 0 spiro atoms. The number of hydrogen-bond acceptors (Lipinski definition) is 6. The molecule has 1 saturated heterocycles. The fourth-order valence-electron chi connectivity index (χ4n) is 3.19. The minimum Gasteiger partial charge on any atom is -0.368 e. The molecule has 8 nitrogen and oxygen atoms in total. The van der Waals surface area contributed by atoms with Gasteiger partial charge in [-0.25, -0.2) is 13.6 Å². The molecule has 2 N–H and O–H groups in total. The molecule has 3 rings (SSSR count). The van der Waals surface area contributed by atoms with Crippen LogP contribution in [0, 0.1) is 10.1 Å². The number of primary sulfonamides is 1. The molecule has 156 valence electrons. The maximum Gasteiger partial charge on any atom is 0.416 e. The maximum atomic E-state index is 12.9. The average Bonchev–Trinajstić information content (AvgIpc) is 2.66. The van der Waals surface area contributed by atoms with E-state index in [1.54, 1.807) is 15.9 Å². The van der Waals surface area contributed by atoms with Crippen molar-refractivity contribution in [3.05, 3.63) is 58.1 Å². The highest BCUT2D eigenvalue weighted by atomic mass is 32.2. The van der Waals surface area contributed by atoms with Gasteiger partial charge in [-0.1, -0.05) is 6.07 Å². The van der Waals surface area contributed by atoms with E-state index in [1.165, 1.54) is 18.2 Å². The van der Waals surface area contributed by atoms with Crippen LogP contribution in [0.4, 0.5) is 30.2 Å². The predicted octanol–water partition coefficient (Wildman–Crippen LogP) is 2.59. The summed E-state index contributed by atoms with van der Waals surface area (Å²) in [5.41, 5.74) is -0.513.